The normalized spacial score (nSPS) is 24.1. The lowest BCUT2D eigenvalue weighted by molar-refractivity contribution is -0.254. The molecule has 0 unspecified atom stereocenters. The molecule has 1 N–H and O–H groups in total. The van der Waals surface area contributed by atoms with E-state index < -0.39 is 54.4 Å². The third-order valence-corrected chi connectivity index (χ3v) is 5.03. The van der Waals surface area contributed by atoms with E-state index in [1.165, 1.54) is 33.9 Å². The van der Waals surface area contributed by atoms with Crippen molar-refractivity contribution in [1.29, 1.82) is 0 Å². The summed E-state index contributed by atoms with van der Waals surface area (Å²) in [6, 6.07) is 9.23. The summed E-state index contributed by atoms with van der Waals surface area (Å²) >= 11 is 0. The number of nitrogens with one attached hydrogen (secondary N) is 1. The summed E-state index contributed by atoms with van der Waals surface area (Å²) in [7, 11) is 0. The molecule has 1 fully saturated rings. The average Bonchev–Trinajstić information content (AvgIpc) is 3.24. The first-order valence-electron chi connectivity index (χ1n) is 10.6. The maximum absolute atomic E-state index is 12.0. The highest BCUT2D eigenvalue weighted by molar-refractivity contribution is 5.69. The van der Waals surface area contributed by atoms with Gasteiger partial charge in [-0.3, -0.25) is 24.3 Å². The summed E-state index contributed by atoms with van der Waals surface area (Å²) in [6.07, 6.45) is -4.19. The lowest BCUT2D eigenvalue weighted by Gasteiger charge is -2.44. The van der Waals surface area contributed by atoms with Crippen LogP contribution < -0.4 is 0 Å². The zero-order valence-electron chi connectivity index (χ0n) is 19.2. The maximum Gasteiger partial charge on any atom is 0.303 e. The highest BCUT2D eigenvalue weighted by atomic mass is 16.7. The number of aromatic amines is 1. The molecular weight excluding hydrogens is 448 g/mol. The Morgan fingerprint density at radius 2 is 1.44 bits per heavy atom. The minimum atomic E-state index is -1.25. The summed E-state index contributed by atoms with van der Waals surface area (Å²) in [5.74, 6) is -2.63. The van der Waals surface area contributed by atoms with Crippen LogP contribution in [0.15, 0.2) is 36.5 Å². The standard InChI is InChI=1S/C23H26N2O9/c1-12(26)30-11-18-21(31-13(2)27)23(33-15(4)29)22(32-14(3)28)20(34-18)17-10-24-25-19(17)16-8-6-5-7-9-16/h5-10,18,20-23H,11H2,1-4H3,(H,24,25)/t18-,20-,21-,22+,23+/m1/s1. The summed E-state index contributed by atoms with van der Waals surface area (Å²) in [5.41, 5.74) is 1.87. The molecule has 1 aromatic carbocycles. The number of benzene rings is 1. The zero-order chi connectivity index (χ0) is 24.8. The van der Waals surface area contributed by atoms with E-state index in [0.29, 0.717) is 11.3 Å². The quantitative estimate of drug-likeness (QED) is 0.466. The third kappa shape index (κ3) is 5.98. The Labute approximate surface area is 195 Å². The lowest BCUT2D eigenvalue weighted by atomic mass is 9.89. The first kappa shape index (κ1) is 24.9. The fraction of sp³-hybridized carbons (Fsp3) is 0.435. The van der Waals surface area contributed by atoms with Crippen molar-refractivity contribution in [1.82, 2.24) is 10.2 Å². The second-order valence-corrected chi connectivity index (χ2v) is 7.69. The molecule has 1 saturated heterocycles. The molecule has 11 heteroatoms. The van der Waals surface area contributed by atoms with Crippen molar-refractivity contribution in [3.8, 4) is 11.3 Å². The summed E-state index contributed by atoms with van der Waals surface area (Å²) in [4.78, 5) is 47.3. The van der Waals surface area contributed by atoms with Crippen LogP contribution in [0.4, 0.5) is 0 Å². The van der Waals surface area contributed by atoms with E-state index in [1.807, 2.05) is 30.3 Å². The van der Waals surface area contributed by atoms with Crippen molar-refractivity contribution in [2.75, 3.05) is 6.61 Å². The fourth-order valence-corrected chi connectivity index (χ4v) is 3.83. The Morgan fingerprint density at radius 1 is 0.853 bits per heavy atom. The van der Waals surface area contributed by atoms with Gasteiger partial charge in [0.1, 0.15) is 18.8 Å². The van der Waals surface area contributed by atoms with Crippen LogP contribution in [0.5, 0.6) is 0 Å². The Morgan fingerprint density at radius 3 is 2.03 bits per heavy atom. The number of hydrogen-bond donors (Lipinski definition) is 1. The molecule has 0 radical (unpaired) electrons. The van der Waals surface area contributed by atoms with E-state index in [4.69, 9.17) is 23.7 Å². The summed E-state index contributed by atoms with van der Waals surface area (Å²) in [6.45, 7) is 4.46. The Balaban J connectivity index is 2.10. The number of aromatic nitrogens is 2. The van der Waals surface area contributed by atoms with Gasteiger partial charge in [-0.2, -0.15) is 5.10 Å². The summed E-state index contributed by atoms with van der Waals surface area (Å²) < 4.78 is 27.7. The van der Waals surface area contributed by atoms with Crippen LogP contribution in [0.2, 0.25) is 0 Å². The van der Waals surface area contributed by atoms with Gasteiger partial charge in [-0.25, -0.2) is 0 Å². The van der Waals surface area contributed by atoms with Crippen LogP contribution in [-0.4, -0.2) is 65.1 Å². The van der Waals surface area contributed by atoms with Crippen molar-refractivity contribution in [2.45, 2.75) is 58.2 Å². The minimum absolute atomic E-state index is 0.299. The van der Waals surface area contributed by atoms with Crippen molar-refractivity contribution < 1.29 is 42.9 Å². The van der Waals surface area contributed by atoms with Gasteiger partial charge in [0, 0.05) is 33.3 Å². The minimum Gasteiger partial charge on any atom is -0.463 e. The second kappa shape index (κ2) is 10.9. The van der Waals surface area contributed by atoms with E-state index >= 15 is 0 Å². The molecule has 0 aliphatic carbocycles. The number of ether oxygens (including phenoxy) is 5. The van der Waals surface area contributed by atoms with Gasteiger partial charge in [-0.15, -0.1) is 0 Å². The number of nitrogens with zero attached hydrogens (tertiary/aromatic N) is 1. The highest BCUT2D eigenvalue weighted by Crippen LogP contribution is 2.40. The molecule has 3 rings (SSSR count). The van der Waals surface area contributed by atoms with E-state index in [9.17, 15) is 19.2 Å². The van der Waals surface area contributed by atoms with Crippen LogP contribution >= 0.6 is 0 Å². The van der Waals surface area contributed by atoms with Gasteiger partial charge in [0.15, 0.2) is 18.3 Å². The largest absolute Gasteiger partial charge is 0.463 e. The number of carbonyl (C=O) groups excluding carboxylic acids is 4. The molecule has 11 nitrogen and oxygen atoms in total. The molecule has 34 heavy (non-hydrogen) atoms. The van der Waals surface area contributed by atoms with Crippen LogP contribution in [-0.2, 0) is 42.9 Å². The van der Waals surface area contributed by atoms with Crippen LogP contribution in [0, 0.1) is 0 Å². The van der Waals surface area contributed by atoms with Gasteiger partial charge in [0.05, 0.1) is 11.9 Å². The van der Waals surface area contributed by atoms with Gasteiger partial charge in [0.25, 0.3) is 0 Å². The predicted molar refractivity (Wildman–Crippen MR) is 115 cm³/mol. The monoisotopic (exact) mass is 474 g/mol. The third-order valence-electron chi connectivity index (χ3n) is 5.03. The Hall–Kier alpha value is -3.73. The molecule has 182 valence electrons. The lowest BCUT2D eigenvalue weighted by Crippen LogP contribution is -2.59. The Bertz CT molecular complexity index is 1040. The number of esters is 4. The molecule has 1 aromatic heterocycles. The van der Waals surface area contributed by atoms with Crippen molar-refractivity contribution in [3.05, 3.63) is 42.1 Å². The van der Waals surface area contributed by atoms with Gasteiger partial charge in [-0.05, 0) is 5.56 Å². The first-order valence-corrected chi connectivity index (χ1v) is 10.6. The van der Waals surface area contributed by atoms with Gasteiger partial charge >= 0.3 is 23.9 Å². The molecule has 1 aliphatic heterocycles. The number of carbonyl (C=O) groups is 4. The van der Waals surface area contributed by atoms with Gasteiger partial charge < -0.3 is 23.7 Å². The van der Waals surface area contributed by atoms with E-state index in [0.717, 1.165) is 5.56 Å². The molecular formula is C23H26N2O9. The van der Waals surface area contributed by atoms with E-state index in [1.54, 1.807) is 0 Å². The van der Waals surface area contributed by atoms with Crippen LogP contribution in [0.3, 0.4) is 0 Å². The molecule has 1 aliphatic rings. The number of rotatable bonds is 7. The Kier molecular flexibility index (Phi) is 8.00. The van der Waals surface area contributed by atoms with Crippen molar-refractivity contribution in [3.63, 3.8) is 0 Å². The van der Waals surface area contributed by atoms with Crippen molar-refractivity contribution >= 4 is 23.9 Å². The molecule has 2 heterocycles. The summed E-state index contributed by atoms with van der Waals surface area (Å²) in [5, 5.41) is 7.02. The smallest absolute Gasteiger partial charge is 0.303 e. The first-order chi connectivity index (χ1) is 16.2. The molecule has 0 bridgehead atoms. The molecule has 0 spiro atoms. The topological polar surface area (TPSA) is 143 Å². The molecule has 0 amide bonds. The molecule has 5 atom stereocenters. The fourth-order valence-electron chi connectivity index (χ4n) is 3.83. The predicted octanol–water partition coefficient (Wildman–Crippen LogP) is 1.87. The number of H-pyrrole nitrogens is 1. The zero-order valence-corrected chi connectivity index (χ0v) is 19.2. The molecule has 0 saturated carbocycles. The maximum atomic E-state index is 12.0. The number of hydrogen-bond acceptors (Lipinski definition) is 10. The van der Waals surface area contributed by atoms with Gasteiger partial charge in [-0.1, -0.05) is 30.3 Å². The van der Waals surface area contributed by atoms with Crippen LogP contribution in [0.1, 0.15) is 39.4 Å². The second-order valence-electron chi connectivity index (χ2n) is 7.69. The highest BCUT2D eigenvalue weighted by Gasteiger charge is 2.53. The van der Waals surface area contributed by atoms with E-state index in [-0.39, 0.29) is 6.61 Å². The van der Waals surface area contributed by atoms with Crippen LogP contribution in [0.25, 0.3) is 11.3 Å². The molecule has 2 aromatic rings. The van der Waals surface area contributed by atoms with Crippen molar-refractivity contribution in [2.24, 2.45) is 0 Å². The van der Waals surface area contributed by atoms with E-state index in [2.05, 4.69) is 10.2 Å². The average molecular weight is 474 g/mol. The SMILES string of the molecule is CC(=O)OC[C@H]1O[C@H](c2cn[nH]c2-c2ccccc2)[C@H](OC(C)=O)[C@@H](OC(C)=O)[C@@H]1OC(C)=O. The van der Waals surface area contributed by atoms with Gasteiger partial charge in [0.2, 0.25) is 0 Å².